The molecule has 0 fully saturated rings. The molecule has 0 aliphatic rings. The molecule has 8 heteroatoms. The average Bonchev–Trinajstić information content (AvgIpc) is 2.35. The van der Waals surface area contributed by atoms with Crippen molar-refractivity contribution >= 4 is 91.0 Å². The van der Waals surface area contributed by atoms with Gasteiger partial charge in [-0.3, -0.25) is 0 Å². The van der Waals surface area contributed by atoms with Gasteiger partial charge in [0.25, 0.3) is 0 Å². The number of hydrogen-bond acceptors (Lipinski definition) is 2. The van der Waals surface area contributed by atoms with Gasteiger partial charge in [0.15, 0.2) is 0 Å². The van der Waals surface area contributed by atoms with Gasteiger partial charge in [-0.2, -0.15) is 12.6 Å². The molecule has 0 heterocycles. The molecule has 0 spiro atoms. The molecule has 0 aromatic rings. The maximum atomic E-state index is 4.48. The quantitative estimate of drug-likeness (QED) is 0.288. The van der Waals surface area contributed by atoms with E-state index in [1.165, 1.54) is 0 Å². The molecule has 0 radical (unpaired) electrons. The van der Waals surface area contributed by atoms with Crippen LogP contribution in [0.3, 0.4) is 0 Å². The topological polar surface area (TPSA) is 62.9 Å². The van der Waals surface area contributed by atoms with Crippen molar-refractivity contribution in [3.63, 3.8) is 0 Å². The summed E-state index contributed by atoms with van der Waals surface area (Å²) in [6.07, 6.45) is 0.0370. The molecule has 0 N–H and O–H groups in total. The van der Waals surface area contributed by atoms with Crippen LogP contribution in [-0.4, -0.2) is 166 Å². The summed E-state index contributed by atoms with van der Waals surface area (Å²) in [5.74, 6) is 0. The Balaban J connectivity index is -0.0000000756. The molecule has 0 aliphatic heterocycles. The van der Waals surface area contributed by atoms with Gasteiger partial charge in [-0.1, -0.05) is 55.4 Å². The van der Waals surface area contributed by atoms with Gasteiger partial charge in [0, 0.05) is 0 Å². The first-order valence-electron chi connectivity index (χ1n) is 8.99. The molecule has 164 valence electrons. The Bertz CT molecular complexity index is 240. The van der Waals surface area contributed by atoms with Crippen molar-refractivity contribution in [2.24, 2.45) is 0 Å². The summed E-state index contributed by atoms with van der Waals surface area (Å²) < 4.78 is 0. The van der Waals surface area contributed by atoms with E-state index < -0.39 is 0 Å². The van der Waals surface area contributed by atoms with Crippen LogP contribution in [0.2, 0.25) is 0 Å². The zero-order valence-corrected chi connectivity index (χ0v) is 28.5. The molecule has 0 saturated heterocycles. The van der Waals surface area contributed by atoms with Crippen molar-refractivity contribution in [3.05, 3.63) is 36.1 Å². The minimum absolute atomic E-state index is 0. The van der Waals surface area contributed by atoms with Crippen LogP contribution in [0.4, 0.5) is 0 Å². The van der Waals surface area contributed by atoms with Crippen LogP contribution in [0.15, 0.2) is 0 Å². The molecule has 0 bridgehead atoms. The van der Waals surface area contributed by atoms with Gasteiger partial charge in [-0.15, -0.1) is 24.2 Å². The van der Waals surface area contributed by atoms with Gasteiger partial charge in [0.1, 0.15) is 0 Å². The standard InChI is InChI=1S/2C9H21N3.2CH3.2Sr/c2*1-7(2)10-9(12(5)6)11-8(3)4;;;;/h2*7-9H,1-6H3;2*1H3;;/q2*-2;2*-1;2*+2. The Morgan fingerprint density at radius 1 is 0.429 bits per heavy atom. The molecule has 0 amide bonds. The first-order valence-corrected chi connectivity index (χ1v) is 8.99. The van der Waals surface area contributed by atoms with Crippen molar-refractivity contribution in [1.82, 2.24) is 9.80 Å². The monoisotopic (exact) mass is 548 g/mol. The van der Waals surface area contributed by atoms with E-state index in [-0.39, 0.29) is 118 Å². The molecule has 0 atom stereocenters. The van der Waals surface area contributed by atoms with E-state index in [9.17, 15) is 0 Å². The zero-order chi connectivity index (χ0) is 19.4. The summed E-state index contributed by atoms with van der Waals surface area (Å²) >= 11 is 0. The first kappa shape index (κ1) is 44.4. The van der Waals surface area contributed by atoms with Crippen molar-refractivity contribution < 1.29 is 0 Å². The molecule has 0 aromatic heterocycles. The van der Waals surface area contributed by atoms with Crippen molar-refractivity contribution in [1.29, 1.82) is 0 Å². The summed E-state index contributed by atoms with van der Waals surface area (Å²) in [7, 11) is 8.01. The third-order valence-electron chi connectivity index (χ3n) is 2.65. The predicted molar refractivity (Wildman–Crippen MR) is 133 cm³/mol. The fourth-order valence-electron chi connectivity index (χ4n) is 1.68. The van der Waals surface area contributed by atoms with E-state index in [2.05, 4.69) is 76.7 Å². The predicted octanol–water partition coefficient (Wildman–Crippen LogP) is 4.93. The van der Waals surface area contributed by atoms with E-state index >= 15 is 0 Å². The van der Waals surface area contributed by atoms with Crippen LogP contribution in [0.25, 0.3) is 21.3 Å². The van der Waals surface area contributed by atoms with Gasteiger partial charge < -0.3 is 45.9 Å². The third kappa shape index (κ3) is 30.9. The van der Waals surface area contributed by atoms with Crippen LogP contribution in [0.1, 0.15) is 55.4 Å². The fraction of sp³-hybridized carbons (Fsp3) is 0.900. The van der Waals surface area contributed by atoms with E-state index in [0.29, 0.717) is 24.2 Å². The second kappa shape index (κ2) is 26.0. The van der Waals surface area contributed by atoms with Crippen molar-refractivity contribution in [2.45, 2.75) is 92.1 Å². The summed E-state index contributed by atoms with van der Waals surface area (Å²) in [5.41, 5.74) is 0. The van der Waals surface area contributed by atoms with Crippen LogP contribution in [0.5, 0.6) is 0 Å². The third-order valence-corrected chi connectivity index (χ3v) is 2.65. The molecule has 0 saturated carbocycles. The summed E-state index contributed by atoms with van der Waals surface area (Å²) in [6, 6.07) is 1.39. The molecule has 0 aromatic carbocycles. The Kier molecular flexibility index (Phi) is 41.2. The Morgan fingerprint density at radius 2 is 0.571 bits per heavy atom. The maximum absolute atomic E-state index is 4.48. The van der Waals surface area contributed by atoms with E-state index in [0.717, 1.165) is 0 Å². The molecule has 0 unspecified atom stereocenters. The molecular weight excluding hydrogens is 500 g/mol. The minimum Gasteiger partial charge on any atom is -0.663 e. The summed E-state index contributed by atoms with van der Waals surface area (Å²) in [4.78, 5) is 4.06. The minimum atomic E-state index is 0. The first-order chi connectivity index (χ1) is 10.9. The molecule has 0 rings (SSSR count). The second-order valence-corrected chi connectivity index (χ2v) is 7.59. The number of nitrogens with zero attached hydrogens (tertiary/aromatic N) is 6. The smallest absolute Gasteiger partial charge is 0.663 e. The van der Waals surface area contributed by atoms with E-state index in [1.54, 1.807) is 0 Å². The SMILES string of the molecule is CC(C)[N-]C([N-]C(C)C)N(C)C.CC(C)[N-]C([N-]C(C)C)N(C)C.[CH3-].[CH3-].[Sr+2].[Sr+2]. The number of rotatable bonds is 10. The normalized spacial score (nSPS) is 10.7. The number of hydrogen-bond donors (Lipinski definition) is 0. The van der Waals surface area contributed by atoms with Crippen LogP contribution in [-0.2, 0) is 0 Å². The van der Waals surface area contributed by atoms with Gasteiger partial charge >= 0.3 is 91.0 Å². The Hall–Kier alpha value is 2.72. The van der Waals surface area contributed by atoms with Gasteiger partial charge in [-0.25, -0.2) is 0 Å². The van der Waals surface area contributed by atoms with Gasteiger partial charge in [0.2, 0.25) is 0 Å². The van der Waals surface area contributed by atoms with Crippen LogP contribution >= 0.6 is 0 Å². The van der Waals surface area contributed by atoms with Gasteiger partial charge in [-0.05, 0) is 28.2 Å². The molecular formula is C20H48N6Sr2-2. The molecule has 0 aliphatic carbocycles. The van der Waals surface area contributed by atoms with E-state index in [4.69, 9.17) is 0 Å². The van der Waals surface area contributed by atoms with Crippen molar-refractivity contribution in [3.8, 4) is 0 Å². The Labute approximate surface area is 253 Å². The maximum Gasteiger partial charge on any atom is 2.00 e. The van der Waals surface area contributed by atoms with E-state index in [1.807, 2.05) is 38.0 Å². The zero-order valence-electron chi connectivity index (χ0n) is 21.6. The van der Waals surface area contributed by atoms with Crippen molar-refractivity contribution in [2.75, 3.05) is 28.2 Å². The van der Waals surface area contributed by atoms with Crippen LogP contribution < -0.4 is 0 Å². The average molecular weight is 548 g/mol. The van der Waals surface area contributed by atoms with Gasteiger partial charge in [0.05, 0.1) is 0 Å². The largest absolute Gasteiger partial charge is 2.00 e. The van der Waals surface area contributed by atoms with Crippen LogP contribution in [0, 0.1) is 14.9 Å². The molecule has 6 nitrogen and oxygen atoms in total. The summed E-state index contributed by atoms with van der Waals surface area (Å²) in [5, 5.41) is 17.9. The fourth-order valence-corrected chi connectivity index (χ4v) is 1.68. The Morgan fingerprint density at radius 3 is 0.643 bits per heavy atom. The second-order valence-electron chi connectivity index (χ2n) is 7.59. The molecule has 28 heavy (non-hydrogen) atoms. The summed E-state index contributed by atoms with van der Waals surface area (Å²) in [6.45, 7) is 16.6.